The van der Waals surface area contributed by atoms with Crippen molar-refractivity contribution >= 4 is 21.4 Å². The lowest BCUT2D eigenvalue weighted by atomic mass is 10.4. The predicted molar refractivity (Wildman–Crippen MR) is 68.6 cm³/mol. The molecule has 0 unspecified atom stereocenters. The van der Waals surface area contributed by atoms with Crippen LogP contribution in [0.1, 0.15) is 13.8 Å². The Hall–Kier alpha value is -1.63. The maximum atomic E-state index is 12.0. The summed E-state index contributed by atoms with van der Waals surface area (Å²) in [5.41, 5.74) is 5.62. The summed E-state index contributed by atoms with van der Waals surface area (Å²) in [7, 11) is -3.78. The summed E-state index contributed by atoms with van der Waals surface area (Å²) in [6.45, 7) is 4.54. The lowest BCUT2D eigenvalue weighted by Crippen LogP contribution is -2.35. The van der Waals surface area contributed by atoms with Crippen LogP contribution in [0, 0.1) is 0 Å². The third kappa shape index (κ3) is 3.19. The van der Waals surface area contributed by atoms with Crippen LogP contribution in [0.25, 0.3) is 0 Å². The van der Waals surface area contributed by atoms with Crippen molar-refractivity contribution in [3.8, 4) is 0 Å². The molecule has 0 bridgehead atoms. The van der Waals surface area contributed by atoms with E-state index in [4.69, 9.17) is 5.73 Å². The van der Waals surface area contributed by atoms with E-state index in [0.717, 1.165) is 0 Å². The third-order valence-electron chi connectivity index (χ3n) is 2.52. The molecule has 0 aromatic carbocycles. The highest BCUT2D eigenvalue weighted by molar-refractivity contribution is 7.92. The second-order valence-corrected chi connectivity index (χ2v) is 5.63. The molecule has 1 aromatic rings. The molecule has 6 nitrogen and oxygen atoms in total. The summed E-state index contributed by atoms with van der Waals surface area (Å²) in [4.78, 5) is 17.0. The number of hydrogen-bond acceptors (Lipinski definition) is 5. The number of aromatic nitrogens is 1. The lowest BCUT2D eigenvalue weighted by molar-refractivity contribution is -0.128. The van der Waals surface area contributed by atoms with E-state index in [1.807, 2.05) is 0 Å². The van der Waals surface area contributed by atoms with Crippen LogP contribution in [0.2, 0.25) is 0 Å². The van der Waals surface area contributed by atoms with Crippen LogP contribution < -0.4 is 5.73 Å². The van der Waals surface area contributed by atoms with Gasteiger partial charge in [-0.25, -0.2) is 13.4 Å². The molecule has 1 heterocycles. The molecule has 7 heteroatoms. The molecule has 1 amide bonds. The van der Waals surface area contributed by atoms with Gasteiger partial charge in [0.2, 0.25) is 15.7 Å². The molecule has 0 saturated carbocycles. The Balaban J connectivity index is 2.97. The molecule has 0 aliphatic carbocycles. The van der Waals surface area contributed by atoms with Crippen molar-refractivity contribution in [1.82, 2.24) is 9.88 Å². The van der Waals surface area contributed by atoms with Crippen LogP contribution >= 0.6 is 0 Å². The Labute approximate surface area is 107 Å². The minimum absolute atomic E-state index is 0.0600. The van der Waals surface area contributed by atoms with Crippen molar-refractivity contribution in [3.63, 3.8) is 0 Å². The molecule has 2 N–H and O–H groups in total. The average molecular weight is 271 g/mol. The molecule has 1 rings (SSSR count). The van der Waals surface area contributed by atoms with E-state index in [0.29, 0.717) is 13.1 Å². The van der Waals surface area contributed by atoms with Crippen molar-refractivity contribution in [1.29, 1.82) is 0 Å². The van der Waals surface area contributed by atoms with Crippen LogP contribution in [0.5, 0.6) is 0 Å². The van der Waals surface area contributed by atoms with Crippen LogP contribution in [0.4, 0.5) is 5.69 Å². The highest BCUT2D eigenvalue weighted by atomic mass is 32.2. The Morgan fingerprint density at radius 1 is 1.39 bits per heavy atom. The van der Waals surface area contributed by atoms with Gasteiger partial charge in [-0.15, -0.1) is 0 Å². The highest BCUT2D eigenvalue weighted by Gasteiger charge is 2.25. The monoisotopic (exact) mass is 271 g/mol. The molecule has 1 aromatic heterocycles. The summed E-state index contributed by atoms with van der Waals surface area (Å²) >= 11 is 0. The Kier molecular flexibility index (Phi) is 4.66. The van der Waals surface area contributed by atoms with Gasteiger partial charge < -0.3 is 10.6 Å². The van der Waals surface area contributed by atoms with Crippen molar-refractivity contribution in [3.05, 3.63) is 18.3 Å². The topological polar surface area (TPSA) is 93.4 Å². The van der Waals surface area contributed by atoms with E-state index < -0.39 is 21.5 Å². The largest absolute Gasteiger partial charge is 0.396 e. The average Bonchev–Trinajstić information content (AvgIpc) is 2.30. The zero-order chi connectivity index (χ0) is 13.8. The molecule has 0 radical (unpaired) electrons. The summed E-state index contributed by atoms with van der Waals surface area (Å²) in [6, 6.07) is 2.99. The fraction of sp³-hybridized carbons (Fsp3) is 0.455. The van der Waals surface area contributed by atoms with Gasteiger partial charge in [0, 0.05) is 19.3 Å². The number of pyridine rings is 1. The van der Waals surface area contributed by atoms with Crippen molar-refractivity contribution in [2.24, 2.45) is 0 Å². The number of sulfone groups is 1. The van der Waals surface area contributed by atoms with Crippen molar-refractivity contribution in [2.45, 2.75) is 18.9 Å². The van der Waals surface area contributed by atoms with Crippen LogP contribution in [0.15, 0.2) is 23.4 Å². The van der Waals surface area contributed by atoms with E-state index >= 15 is 0 Å². The molecular formula is C11H17N3O3S. The second kappa shape index (κ2) is 5.81. The fourth-order valence-corrected chi connectivity index (χ4v) is 2.85. The number of hydrogen-bond donors (Lipinski definition) is 1. The lowest BCUT2D eigenvalue weighted by Gasteiger charge is -2.18. The summed E-state index contributed by atoms with van der Waals surface area (Å²) in [5, 5.41) is -0.231. The van der Waals surface area contributed by atoms with Gasteiger partial charge in [0.1, 0.15) is 5.75 Å². The third-order valence-corrected chi connectivity index (χ3v) is 4.08. The number of nitrogens with two attached hydrogens (primary N) is 1. The molecule has 100 valence electrons. The van der Waals surface area contributed by atoms with E-state index in [1.165, 1.54) is 17.2 Å². The van der Waals surface area contributed by atoms with Gasteiger partial charge in [0.05, 0.1) is 5.69 Å². The van der Waals surface area contributed by atoms with Crippen LogP contribution in [0.3, 0.4) is 0 Å². The van der Waals surface area contributed by atoms with Crippen LogP contribution in [-0.2, 0) is 14.6 Å². The zero-order valence-electron chi connectivity index (χ0n) is 10.5. The van der Waals surface area contributed by atoms with Gasteiger partial charge in [0.15, 0.2) is 5.03 Å². The minimum Gasteiger partial charge on any atom is -0.396 e. The van der Waals surface area contributed by atoms with Crippen molar-refractivity contribution in [2.75, 3.05) is 24.6 Å². The molecular weight excluding hydrogens is 254 g/mol. The van der Waals surface area contributed by atoms with Gasteiger partial charge >= 0.3 is 0 Å². The summed E-state index contributed by atoms with van der Waals surface area (Å²) in [5.74, 6) is -1.04. The number of anilines is 1. The molecule has 0 fully saturated rings. The van der Waals surface area contributed by atoms with Gasteiger partial charge in [-0.2, -0.15) is 0 Å². The maximum Gasteiger partial charge on any atom is 0.238 e. The Morgan fingerprint density at radius 3 is 2.50 bits per heavy atom. The Bertz CT molecular complexity index is 524. The molecule has 0 spiro atoms. The number of amides is 1. The normalized spacial score (nSPS) is 11.2. The number of carbonyl (C=O) groups excluding carboxylic acids is 1. The number of rotatable bonds is 5. The smallest absolute Gasteiger partial charge is 0.238 e. The first-order chi connectivity index (χ1) is 8.42. The highest BCUT2D eigenvalue weighted by Crippen LogP contribution is 2.16. The Morgan fingerprint density at radius 2 is 2.00 bits per heavy atom. The minimum atomic E-state index is -3.78. The number of nitrogens with zero attached hydrogens (tertiary/aromatic N) is 2. The first-order valence-electron chi connectivity index (χ1n) is 5.63. The van der Waals surface area contributed by atoms with Gasteiger partial charge in [-0.05, 0) is 26.0 Å². The molecule has 0 aliphatic heterocycles. The summed E-state index contributed by atoms with van der Waals surface area (Å²) < 4.78 is 24.0. The fourth-order valence-electron chi connectivity index (χ4n) is 1.56. The van der Waals surface area contributed by atoms with Gasteiger partial charge in [-0.3, -0.25) is 4.79 Å². The standard InChI is InChI=1S/C11H17N3O3S/c1-3-14(4-2)10(15)8-18(16,17)11-9(12)6-5-7-13-11/h5-7H,3-4,8,12H2,1-2H3. The van der Waals surface area contributed by atoms with E-state index in [2.05, 4.69) is 4.98 Å². The molecule has 0 aliphatic rings. The second-order valence-electron chi connectivity index (χ2n) is 3.72. The van der Waals surface area contributed by atoms with Gasteiger partial charge in [0.25, 0.3) is 0 Å². The van der Waals surface area contributed by atoms with E-state index in [9.17, 15) is 13.2 Å². The summed E-state index contributed by atoms with van der Waals surface area (Å²) in [6.07, 6.45) is 1.34. The van der Waals surface area contributed by atoms with E-state index in [-0.39, 0.29) is 10.7 Å². The first-order valence-corrected chi connectivity index (χ1v) is 7.28. The van der Waals surface area contributed by atoms with Crippen molar-refractivity contribution < 1.29 is 13.2 Å². The molecule has 0 atom stereocenters. The molecule has 18 heavy (non-hydrogen) atoms. The van der Waals surface area contributed by atoms with Gasteiger partial charge in [-0.1, -0.05) is 0 Å². The number of nitrogen functional groups attached to an aromatic ring is 1. The first kappa shape index (κ1) is 14.4. The molecule has 0 saturated heterocycles. The quantitative estimate of drug-likeness (QED) is 0.831. The van der Waals surface area contributed by atoms with Crippen LogP contribution in [-0.4, -0.2) is 43.1 Å². The van der Waals surface area contributed by atoms with E-state index in [1.54, 1.807) is 19.9 Å². The predicted octanol–water partition coefficient (Wildman–Crippen LogP) is 0.306. The maximum absolute atomic E-state index is 12.0. The zero-order valence-corrected chi connectivity index (χ0v) is 11.3. The SMILES string of the molecule is CCN(CC)C(=O)CS(=O)(=O)c1ncccc1N. The number of carbonyl (C=O) groups is 1.